The number of aliphatic hydroxyl groups is 1. The van der Waals surface area contributed by atoms with Crippen LogP contribution < -0.4 is 4.72 Å². The number of carbonyl (C=O) groups excluding carboxylic acids is 1. The van der Waals surface area contributed by atoms with Crippen LogP contribution in [0.5, 0.6) is 0 Å². The van der Waals surface area contributed by atoms with Crippen LogP contribution in [0, 0.1) is 11.8 Å². The van der Waals surface area contributed by atoms with Crippen molar-refractivity contribution in [3.63, 3.8) is 0 Å². The lowest BCUT2D eigenvalue weighted by Gasteiger charge is -2.06. The Kier molecular flexibility index (Phi) is 5.96. The molecule has 1 rings (SSSR count). The van der Waals surface area contributed by atoms with Gasteiger partial charge in [-0.3, -0.25) is 9.52 Å². The van der Waals surface area contributed by atoms with Crippen molar-refractivity contribution < 1.29 is 23.1 Å². The molecule has 0 saturated carbocycles. The van der Waals surface area contributed by atoms with Crippen molar-refractivity contribution in [1.82, 2.24) is 4.98 Å². The summed E-state index contributed by atoms with van der Waals surface area (Å²) in [6.07, 6.45) is -0.240. The first-order valence-corrected chi connectivity index (χ1v) is 7.26. The van der Waals surface area contributed by atoms with E-state index in [1.807, 2.05) is 0 Å². The van der Waals surface area contributed by atoms with Crippen LogP contribution >= 0.6 is 0 Å². The lowest BCUT2D eigenvalue weighted by atomic mass is 10.3. The van der Waals surface area contributed by atoms with Gasteiger partial charge in [-0.1, -0.05) is 12.0 Å². The highest BCUT2D eigenvalue weighted by Gasteiger charge is 2.14. The summed E-state index contributed by atoms with van der Waals surface area (Å²) in [4.78, 5) is 14.9. The van der Waals surface area contributed by atoms with E-state index in [0.29, 0.717) is 5.69 Å². The minimum Gasteiger partial charge on any atom is -0.469 e. The zero-order valence-electron chi connectivity index (χ0n) is 10.8. The third kappa shape index (κ3) is 5.69. The first kappa shape index (κ1) is 15.9. The van der Waals surface area contributed by atoms with Gasteiger partial charge >= 0.3 is 5.97 Å². The molecule has 1 heterocycles. The number of carbonyl (C=O) groups is 1. The molecule has 0 unspecified atom stereocenters. The molecule has 8 heteroatoms. The van der Waals surface area contributed by atoms with E-state index in [1.54, 1.807) is 12.1 Å². The molecule has 0 aliphatic rings. The number of anilines is 1. The second-order valence-corrected chi connectivity index (χ2v) is 5.46. The van der Waals surface area contributed by atoms with Crippen LogP contribution in [0.3, 0.4) is 0 Å². The van der Waals surface area contributed by atoms with Crippen LogP contribution in [0.2, 0.25) is 0 Å². The molecule has 0 fully saturated rings. The normalized spacial score (nSPS) is 10.3. The highest BCUT2D eigenvalue weighted by atomic mass is 32.2. The first-order chi connectivity index (χ1) is 9.46. The smallest absolute Gasteiger partial charge is 0.306 e. The van der Waals surface area contributed by atoms with E-state index in [4.69, 9.17) is 5.11 Å². The van der Waals surface area contributed by atoms with Gasteiger partial charge in [0, 0.05) is 0 Å². The lowest BCUT2D eigenvalue weighted by Crippen LogP contribution is -2.20. The molecule has 0 aliphatic heterocycles. The number of ether oxygens (including phenoxy) is 1. The number of sulfonamides is 1. The van der Waals surface area contributed by atoms with Gasteiger partial charge in [0.1, 0.15) is 18.1 Å². The van der Waals surface area contributed by atoms with Gasteiger partial charge in [-0.25, -0.2) is 13.4 Å². The van der Waals surface area contributed by atoms with Crippen molar-refractivity contribution in [2.45, 2.75) is 6.42 Å². The molecule has 0 aromatic carbocycles. The molecule has 0 spiro atoms. The Bertz CT molecular complexity index is 631. The van der Waals surface area contributed by atoms with Crippen molar-refractivity contribution in [3.05, 3.63) is 23.9 Å². The van der Waals surface area contributed by atoms with E-state index in [2.05, 4.69) is 26.3 Å². The SMILES string of the molecule is COC(=O)CCS(=O)(=O)Nc1cccc(C#CCO)n1. The summed E-state index contributed by atoms with van der Waals surface area (Å²) in [5.74, 6) is 4.06. The number of hydrogen-bond acceptors (Lipinski definition) is 6. The summed E-state index contributed by atoms with van der Waals surface area (Å²) in [7, 11) is -2.50. The Morgan fingerprint density at radius 2 is 2.25 bits per heavy atom. The number of nitrogens with one attached hydrogen (secondary N) is 1. The van der Waals surface area contributed by atoms with Crippen LogP contribution in [0.15, 0.2) is 18.2 Å². The number of methoxy groups -OCH3 is 1. The van der Waals surface area contributed by atoms with Gasteiger partial charge in [-0.05, 0) is 18.1 Å². The number of hydrogen-bond donors (Lipinski definition) is 2. The third-order valence-corrected chi connectivity index (χ3v) is 3.37. The highest BCUT2D eigenvalue weighted by molar-refractivity contribution is 7.92. The molecule has 7 nitrogen and oxygen atoms in total. The van der Waals surface area contributed by atoms with E-state index in [1.165, 1.54) is 13.2 Å². The number of aromatic nitrogens is 1. The number of rotatable bonds is 5. The Balaban J connectivity index is 2.74. The second kappa shape index (κ2) is 7.47. The van der Waals surface area contributed by atoms with Gasteiger partial charge in [-0.2, -0.15) is 0 Å². The van der Waals surface area contributed by atoms with Crippen LogP contribution in [0.1, 0.15) is 12.1 Å². The summed E-state index contributed by atoms with van der Waals surface area (Å²) >= 11 is 0. The number of esters is 1. The summed E-state index contributed by atoms with van der Waals surface area (Å²) in [5.41, 5.74) is 0.326. The quantitative estimate of drug-likeness (QED) is 0.572. The molecule has 1 aromatic heterocycles. The van der Waals surface area contributed by atoms with Gasteiger partial charge in [0.2, 0.25) is 10.0 Å². The fraction of sp³-hybridized carbons (Fsp3) is 0.333. The maximum atomic E-state index is 11.7. The second-order valence-electron chi connectivity index (χ2n) is 3.62. The molecule has 0 amide bonds. The number of pyridine rings is 1. The van der Waals surface area contributed by atoms with Crippen LogP contribution in [-0.2, 0) is 19.6 Å². The van der Waals surface area contributed by atoms with E-state index in [0.717, 1.165) is 0 Å². The monoisotopic (exact) mass is 298 g/mol. The van der Waals surface area contributed by atoms with Crippen LogP contribution in [0.4, 0.5) is 5.82 Å². The molecular weight excluding hydrogens is 284 g/mol. The fourth-order valence-electron chi connectivity index (χ4n) is 1.22. The Labute approximate surface area is 117 Å². The fourth-order valence-corrected chi connectivity index (χ4v) is 2.19. The van der Waals surface area contributed by atoms with Gasteiger partial charge in [0.05, 0.1) is 19.3 Å². The number of aliphatic hydroxyl groups excluding tert-OH is 1. The lowest BCUT2D eigenvalue weighted by molar-refractivity contribution is -0.140. The molecule has 0 bridgehead atoms. The average molecular weight is 298 g/mol. The Morgan fingerprint density at radius 1 is 1.50 bits per heavy atom. The van der Waals surface area contributed by atoms with Gasteiger partial charge < -0.3 is 9.84 Å². The van der Waals surface area contributed by atoms with Gasteiger partial charge in [0.25, 0.3) is 0 Å². The number of nitrogens with zero attached hydrogens (tertiary/aromatic N) is 1. The van der Waals surface area contributed by atoms with E-state index >= 15 is 0 Å². The molecular formula is C12H14N2O5S. The average Bonchev–Trinajstić information content (AvgIpc) is 2.42. The highest BCUT2D eigenvalue weighted by Crippen LogP contribution is 2.07. The molecule has 1 aromatic rings. The van der Waals surface area contributed by atoms with Crippen molar-refractivity contribution in [2.75, 3.05) is 24.2 Å². The zero-order valence-corrected chi connectivity index (χ0v) is 11.6. The summed E-state index contributed by atoms with van der Waals surface area (Å²) in [6, 6.07) is 4.61. The first-order valence-electron chi connectivity index (χ1n) is 5.61. The van der Waals surface area contributed by atoms with E-state index in [-0.39, 0.29) is 18.8 Å². The summed E-state index contributed by atoms with van der Waals surface area (Å²) < 4.78 is 30.0. The largest absolute Gasteiger partial charge is 0.469 e. The van der Waals surface area contributed by atoms with Crippen LogP contribution in [-0.4, -0.2) is 43.9 Å². The maximum Gasteiger partial charge on any atom is 0.306 e. The topological polar surface area (TPSA) is 106 Å². The predicted octanol–water partition coefficient (Wildman–Crippen LogP) is -0.270. The minimum atomic E-state index is -3.69. The van der Waals surface area contributed by atoms with Crippen molar-refractivity contribution in [1.29, 1.82) is 0 Å². The third-order valence-electron chi connectivity index (χ3n) is 2.11. The van der Waals surface area contributed by atoms with Crippen molar-refractivity contribution in [3.8, 4) is 11.8 Å². The van der Waals surface area contributed by atoms with Crippen LogP contribution in [0.25, 0.3) is 0 Å². The molecule has 0 radical (unpaired) electrons. The maximum absolute atomic E-state index is 11.7. The Hall–Kier alpha value is -2.11. The molecule has 0 saturated heterocycles. The minimum absolute atomic E-state index is 0.0969. The molecule has 20 heavy (non-hydrogen) atoms. The predicted molar refractivity (Wildman–Crippen MR) is 72.2 cm³/mol. The zero-order chi connectivity index (χ0) is 15.0. The van der Waals surface area contributed by atoms with Crippen molar-refractivity contribution in [2.24, 2.45) is 0 Å². The molecule has 108 valence electrons. The van der Waals surface area contributed by atoms with Gasteiger partial charge in [-0.15, -0.1) is 0 Å². The molecule has 0 aliphatic carbocycles. The van der Waals surface area contributed by atoms with Gasteiger partial charge in [0.15, 0.2) is 0 Å². The Morgan fingerprint density at radius 3 is 2.90 bits per heavy atom. The standard InChI is InChI=1S/C12H14N2O5S/c1-19-12(16)7-9-20(17,18)14-11-6-2-4-10(13-11)5-3-8-15/h2,4,6,15H,7-9H2,1H3,(H,13,14). The van der Waals surface area contributed by atoms with Crippen molar-refractivity contribution >= 4 is 21.8 Å². The van der Waals surface area contributed by atoms with E-state index in [9.17, 15) is 13.2 Å². The summed E-state index contributed by atoms with van der Waals surface area (Å²) in [6.45, 7) is -0.309. The summed E-state index contributed by atoms with van der Waals surface area (Å²) in [5, 5.41) is 8.57. The molecule has 0 atom stereocenters. The van der Waals surface area contributed by atoms with E-state index < -0.39 is 21.7 Å². The molecule has 2 N–H and O–H groups in total.